The third-order valence-electron chi connectivity index (χ3n) is 5.21. The Morgan fingerprint density at radius 1 is 1.34 bits per heavy atom. The van der Waals surface area contributed by atoms with Crippen molar-refractivity contribution in [2.24, 2.45) is 0 Å². The molecule has 0 spiro atoms. The number of anilines is 1. The van der Waals surface area contributed by atoms with E-state index in [4.69, 9.17) is 4.74 Å². The van der Waals surface area contributed by atoms with Crippen LogP contribution in [-0.4, -0.2) is 29.0 Å². The fourth-order valence-corrected chi connectivity index (χ4v) is 3.57. The summed E-state index contributed by atoms with van der Waals surface area (Å²) in [5.74, 6) is -0.590. The minimum absolute atomic E-state index is 0.00981. The smallest absolute Gasteiger partial charge is 0.266 e. The Bertz CT molecular complexity index is 1000. The van der Waals surface area contributed by atoms with Crippen molar-refractivity contribution in [1.82, 2.24) is 4.57 Å². The van der Waals surface area contributed by atoms with Gasteiger partial charge in [-0.15, -0.1) is 0 Å². The summed E-state index contributed by atoms with van der Waals surface area (Å²) in [6.45, 7) is 7.04. The van der Waals surface area contributed by atoms with E-state index in [-0.39, 0.29) is 17.5 Å². The van der Waals surface area contributed by atoms with Crippen molar-refractivity contribution in [3.63, 3.8) is 0 Å². The highest BCUT2D eigenvalue weighted by molar-refractivity contribution is 6.10. The number of amides is 1. The van der Waals surface area contributed by atoms with Gasteiger partial charge in [-0.2, -0.15) is 5.26 Å². The van der Waals surface area contributed by atoms with Gasteiger partial charge in [-0.05, 0) is 63.5 Å². The van der Waals surface area contributed by atoms with Gasteiger partial charge in [0.2, 0.25) is 0 Å². The van der Waals surface area contributed by atoms with Gasteiger partial charge in [0, 0.05) is 35.8 Å². The number of ether oxygens (including phenoxy) is 1. The van der Waals surface area contributed by atoms with E-state index < -0.39 is 5.91 Å². The molecule has 2 aromatic rings. The van der Waals surface area contributed by atoms with Crippen LogP contribution in [0.5, 0.6) is 0 Å². The molecule has 2 heterocycles. The van der Waals surface area contributed by atoms with E-state index >= 15 is 0 Å². The molecule has 1 aliphatic heterocycles. The quantitative estimate of drug-likeness (QED) is 0.458. The third-order valence-corrected chi connectivity index (χ3v) is 5.21. The van der Waals surface area contributed by atoms with Crippen LogP contribution in [0, 0.1) is 25.2 Å². The number of nitrogens with zero attached hydrogens (tertiary/aromatic N) is 2. The maximum atomic E-state index is 12.6. The molecule has 29 heavy (non-hydrogen) atoms. The van der Waals surface area contributed by atoms with Gasteiger partial charge in [0.1, 0.15) is 11.6 Å². The zero-order chi connectivity index (χ0) is 21.0. The zero-order valence-corrected chi connectivity index (χ0v) is 17.0. The number of ketones is 1. The van der Waals surface area contributed by atoms with Crippen molar-refractivity contribution in [3.8, 4) is 6.07 Å². The second kappa shape index (κ2) is 8.89. The minimum Gasteiger partial charge on any atom is -0.376 e. The minimum atomic E-state index is -0.503. The van der Waals surface area contributed by atoms with E-state index in [2.05, 4.69) is 9.88 Å². The predicted octanol–water partition coefficient (Wildman–Crippen LogP) is 4.03. The zero-order valence-electron chi connectivity index (χ0n) is 17.0. The summed E-state index contributed by atoms with van der Waals surface area (Å²) in [4.78, 5) is 24.1. The van der Waals surface area contributed by atoms with Crippen LogP contribution in [0.1, 0.15) is 47.1 Å². The van der Waals surface area contributed by atoms with Crippen molar-refractivity contribution < 1.29 is 14.3 Å². The van der Waals surface area contributed by atoms with Crippen molar-refractivity contribution >= 4 is 23.5 Å². The van der Waals surface area contributed by atoms with Gasteiger partial charge in [0.05, 0.1) is 6.10 Å². The number of rotatable bonds is 6. The van der Waals surface area contributed by atoms with Gasteiger partial charge in [0.25, 0.3) is 5.91 Å². The second-order valence-electron chi connectivity index (χ2n) is 7.33. The number of hydrogen-bond acceptors (Lipinski definition) is 4. The SMILES string of the molecule is CC(=O)c1cccc(NC(=O)/C(C#N)=C/c2cc(C)n(C[C@H]3CCCO3)c2C)c1. The van der Waals surface area contributed by atoms with Crippen molar-refractivity contribution in [2.45, 2.75) is 46.3 Å². The van der Waals surface area contributed by atoms with Gasteiger partial charge in [-0.25, -0.2) is 0 Å². The molecular formula is C23H25N3O3. The monoisotopic (exact) mass is 391 g/mol. The van der Waals surface area contributed by atoms with E-state index in [0.29, 0.717) is 11.3 Å². The Balaban J connectivity index is 1.80. The molecule has 1 atom stereocenters. The van der Waals surface area contributed by atoms with Crippen molar-refractivity contribution in [1.29, 1.82) is 5.26 Å². The number of carbonyl (C=O) groups excluding carboxylic acids is 2. The molecule has 1 saturated heterocycles. The average Bonchev–Trinajstić information content (AvgIpc) is 3.30. The number of aromatic nitrogens is 1. The number of aryl methyl sites for hydroxylation is 1. The fourth-order valence-electron chi connectivity index (χ4n) is 3.57. The number of carbonyl (C=O) groups is 2. The molecule has 0 unspecified atom stereocenters. The maximum Gasteiger partial charge on any atom is 0.266 e. The first kappa shape index (κ1) is 20.6. The highest BCUT2D eigenvalue weighted by Crippen LogP contribution is 2.22. The summed E-state index contributed by atoms with van der Waals surface area (Å²) in [6, 6.07) is 10.6. The molecule has 0 bridgehead atoms. The lowest BCUT2D eigenvalue weighted by Crippen LogP contribution is -2.17. The van der Waals surface area contributed by atoms with Crippen LogP contribution in [0.2, 0.25) is 0 Å². The lowest BCUT2D eigenvalue weighted by molar-refractivity contribution is -0.112. The topological polar surface area (TPSA) is 84.1 Å². The molecule has 1 aromatic heterocycles. The van der Waals surface area contributed by atoms with Crippen LogP contribution >= 0.6 is 0 Å². The molecule has 3 rings (SSSR count). The molecule has 1 aliphatic rings. The molecule has 0 radical (unpaired) electrons. The van der Waals surface area contributed by atoms with Crippen LogP contribution in [0.3, 0.4) is 0 Å². The largest absolute Gasteiger partial charge is 0.376 e. The number of hydrogen-bond donors (Lipinski definition) is 1. The van der Waals surface area contributed by atoms with E-state index in [0.717, 1.165) is 42.9 Å². The molecule has 6 nitrogen and oxygen atoms in total. The van der Waals surface area contributed by atoms with Gasteiger partial charge in [-0.3, -0.25) is 9.59 Å². The first-order valence-electron chi connectivity index (χ1n) is 9.71. The number of nitriles is 1. The van der Waals surface area contributed by atoms with Crippen LogP contribution in [-0.2, 0) is 16.1 Å². The molecule has 6 heteroatoms. The molecule has 1 N–H and O–H groups in total. The van der Waals surface area contributed by atoms with Crippen LogP contribution < -0.4 is 5.32 Å². The Morgan fingerprint density at radius 3 is 2.79 bits per heavy atom. The Labute approximate surface area is 170 Å². The summed E-state index contributed by atoms with van der Waals surface area (Å²) in [5.41, 5.74) is 3.89. The first-order valence-corrected chi connectivity index (χ1v) is 9.71. The predicted molar refractivity (Wildman–Crippen MR) is 112 cm³/mol. The van der Waals surface area contributed by atoms with Crippen LogP contribution in [0.25, 0.3) is 6.08 Å². The first-order chi connectivity index (χ1) is 13.9. The normalized spacial score (nSPS) is 16.5. The number of Topliss-reactive ketones (excluding diaryl/α,β-unsaturated/α-hetero) is 1. The lowest BCUT2D eigenvalue weighted by atomic mass is 10.1. The lowest BCUT2D eigenvalue weighted by Gasteiger charge is -2.14. The van der Waals surface area contributed by atoms with E-state index in [1.54, 1.807) is 30.3 Å². The number of nitrogens with one attached hydrogen (secondary N) is 1. The maximum absolute atomic E-state index is 12.6. The van der Waals surface area contributed by atoms with Crippen LogP contribution in [0.4, 0.5) is 5.69 Å². The Morgan fingerprint density at radius 2 is 2.14 bits per heavy atom. The average molecular weight is 391 g/mol. The Kier molecular flexibility index (Phi) is 6.30. The summed E-state index contributed by atoms with van der Waals surface area (Å²) in [5, 5.41) is 12.2. The highest BCUT2D eigenvalue weighted by Gasteiger charge is 2.19. The van der Waals surface area contributed by atoms with Gasteiger partial charge < -0.3 is 14.6 Å². The van der Waals surface area contributed by atoms with Crippen LogP contribution in [0.15, 0.2) is 35.9 Å². The van der Waals surface area contributed by atoms with Crippen molar-refractivity contribution in [2.75, 3.05) is 11.9 Å². The molecule has 150 valence electrons. The molecular weight excluding hydrogens is 366 g/mol. The van der Waals surface area contributed by atoms with Gasteiger partial charge in [0.15, 0.2) is 5.78 Å². The summed E-state index contributed by atoms with van der Waals surface area (Å²) in [6.07, 6.45) is 3.95. The molecule has 1 fully saturated rings. The summed E-state index contributed by atoms with van der Waals surface area (Å²) < 4.78 is 7.90. The van der Waals surface area contributed by atoms with Gasteiger partial charge in [-0.1, -0.05) is 12.1 Å². The molecule has 1 aromatic carbocycles. The van der Waals surface area contributed by atoms with E-state index in [1.807, 2.05) is 26.0 Å². The third kappa shape index (κ3) is 4.82. The van der Waals surface area contributed by atoms with E-state index in [9.17, 15) is 14.9 Å². The molecule has 0 aliphatic carbocycles. The molecule has 0 saturated carbocycles. The summed E-state index contributed by atoms with van der Waals surface area (Å²) in [7, 11) is 0. The second-order valence-corrected chi connectivity index (χ2v) is 7.33. The van der Waals surface area contributed by atoms with Crippen molar-refractivity contribution in [3.05, 3.63) is 58.4 Å². The standard InChI is InChI=1S/C23H25N3O3/c1-15-10-19(16(2)26(15)14-22-8-5-9-29-22)11-20(13-24)23(28)25-21-7-4-6-18(12-21)17(3)27/h4,6-7,10-12,22H,5,8-9,14H2,1-3H3,(H,25,28)/b20-11+/t22-/m1/s1. The fraction of sp³-hybridized carbons (Fsp3) is 0.348. The highest BCUT2D eigenvalue weighted by atomic mass is 16.5. The van der Waals surface area contributed by atoms with E-state index in [1.165, 1.54) is 6.92 Å². The number of benzene rings is 1. The van der Waals surface area contributed by atoms with Gasteiger partial charge >= 0.3 is 0 Å². The summed E-state index contributed by atoms with van der Waals surface area (Å²) >= 11 is 0. The molecule has 1 amide bonds. The Hall–Kier alpha value is -3.17.